The second kappa shape index (κ2) is 6.08. The molecule has 0 aliphatic rings. The number of ether oxygens (including phenoxy) is 1. The van der Waals surface area contributed by atoms with Crippen LogP contribution in [0.4, 0.5) is 5.69 Å². The molecular weight excluding hydrogens is 256 g/mol. The molecule has 84 valence electrons. The number of aryl methyl sites for hydroxylation is 1. The molecule has 15 heavy (non-hydrogen) atoms. The van der Waals surface area contributed by atoms with Gasteiger partial charge in [0.1, 0.15) is 0 Å². The van der Waals surface area contributed by atoms with Gasteiger partial charge in [-0.05, 0) is 18.6 Å². The third kappa shape index (κ3) is 3.80. The van der Waals surface area contributed by atoms with Crippen LogP contribution in [0, 0.1) is 6.92 Å². The molecular formula is C11H17BrN2O. The monoisotopic (exact) mass is 272 g/mol. The average Bonchev–Trinajstić information content (AvgIpc) is 2.18. The zero-order valence-electron chi connectivity index (χ0n) is 9.40. The molecule has 0 aliphatic heterocycles. The number of aromatic nitrogens is 1. The van der Waals surface area contributed by atoms with Gasteiger partial charge in [0.15, 0.2) is 0 Å². The highest BCUT2D eigenvalue weighted by atomic mass is 79.9. The Kier molecular flexibility index (Phi) is 5.05. The minimum absolute atomic E-state index is 0.347. The van der Waals surface area contributed by atoms with Crippen LogP contribution >= 0.6 is 15.9 Å². The summed E-state index contributed by atoms with van der Waals surface area (Å²) in [4.78, 5) is 6.63. The second-order valence-corrected chi connectivity index (χ2v) is 4.89. The van der Waals surface area contributed by atoms with Crippen molar-refractivity contribution in [3.05, 3.63) is 24.0 Å². The van der Waals surface area contributed by atoms with Crippen LogP contribution < -0.4 is 4.90 Å². The van der Waals surface area contributed by atoms with Gasteiger partial charge >= 0.3 is 0 Å². The predicted octanol–water partition coefficient (Wildman–Crippen LogP) is 2.24. The number of halogens is 1. The lowest BCUT2D eigenvalue weighted by Crippen LogP contribution is -2.28. The van der Waals surface area contributed by atoms with Crippen LogP contribution in [0.15, 0.2) is 18.5 Å². The lowest BCUT2D eigenvalue weighted by atomic mass is 10.2. The third-order valence-electron chi connectivity index (χ3n) is 2.22. The second-order valence-electron chi connectivity index (χ2n) is 3.60. The van der Waals surface area contributed by atoms with Crippen molar-refractivity contribution in [1.82, 2.24) is 4.98 Å². The van der Waals surface area contributed by atoms with Crippen LogP contribution in [-0.2, 0) is 4.74 Å². The van der Waals surface area contributed by atoms with Crippen molar-refractivity contribution in [3.63, 3.8) is 0 Å². The highest BCUT2D eigenvalue weighted by Gasteiger charge is 2.09. The van der Waals surface area contributed by atoms with E-state index in [2.05, 4.69) is 39.8 Å². The van der Waals surface area contributed by atoms with Crippen molar-refractivity contribution in [2.24, 2.45) is 0 Å². The minimum atomic E-state index is 0.347. The van der Waals surface area contributed by atoms with Crippen molar-refractivity contribution < 1.29 is 4.74 Å². The average molecular weight is 273 g/mol. The molecule has 0 fully saturated rings. The molecule has 0 spiro atoms. The van der Waals surface area contributed by atoms with Gasteiger partial charge in [0, 0.05) is 38.8 Å². The highest BCUT2D eigenvalue weighted by molar-refractivity contribution is 9.09. The van der Waals surface area contributed by atoms with E-state index in [1.54, 1.807) is 7.11 Å². The summed E-state index contributed by atoms with van der Waals surface area (Å²) in [5.74, 6) is 0. The van der Waals surface area contributed by atoms with E-state index in [1.807, 2.05) is 18.5 Å². The first kappa shape index (κ1) is 12.5. The molecule has 3 nitrogen and oxygen atoms in total. The Bertz CT molecular complexity index is 306. The van der Waals surface area contributed by atoms with Crippen LogP contribution in [0.25, 0.3) is 0 Å². The molecule has 0 bridgehead atoms. The van der Waals surface area contributed by atoms with Crippen molar-refractivity contribution in [2.75, 3.05) is 32.2 Å². The van der Waals surface area contributed by atoms with Gasteiger partial charge in [-0.1, -0.05) is 15.9 Å². The lowest BCUT2D eigenvalue weighted by Gasteiger charge is -2.23. The molecule has 0 aliphatic carbocycles. The van der Waals surface area contributed by atoms with E-state index >= 15 is 0 Å². The molecule has 0 radical (unpaired) electrons. The number of alkyl halides is 1. The number of hydrogen-bond donors (Lipinski definition) is 0. The van der Waals surface area contributed by atoms with Gasteiger partial charge in [-0.3, -0.25) is 4.98 Å². The Hall–Kier alpha value is -0.610. The number of rotatable bonds is 5. The maximum absolute atomic E-state index is 5.08. The summed E-state index contributed by atoms with van der Waals surface area (Å²) < 4.78 is 5.08. The van der Waals surface area contributed by atoms with Crippen LogP contribution in [0.3, 0.4) is 0 Å². The van der Waals surface area contributed by atoms with Gasteiger partial charge in [-0.25, -0.2) is 0 Å². The summed E-state index contributed by atoms with van der Waals surface area (Å²) in [5, 5.41) is 0. The minimum Gasteiger partial charge on any atom is -0.383 e. The molecule has 1 atom stereocenters. The van der Waals surface area contributed by atoms with Gasteiger partial charge in [0.25, 0.3) is 0 Å². The van der Waals surface area contributed by atoms with E-state index in [4.69, 9.17) is 4.74 Å². The van der Waals surface area contributed by atoms with Crippen molar-refractivity contribution in [2.45, 2.75) is 11.8 Å². The summed E-state index contributed by atoms with van der Waals surface area (Å²) in [6, 6.07) is 2.03. The topological polar surface area (TPSA) is 25.4 Å². The highest BCUT2D eigenvalue weighted by Crippen LogP contribution is 2.17. The number of methoxy groups -OCH3 is 1. The fourth-order valence-electron chi connectivity index (χ4n) is 1.52. The molecule has 0 saturated carbocycles. The van der Waals surface area contributed by atoms with Crippen molar-refractivity contribution >= 4 is 21.6 Å². The maximum atomic E-state index is 5.08. The van der Waals surface area contributed by atoms with Gasteiger partial charge in [-0.15, -0.1) is 0 Å². The predicted molar refractivity (Wildman–Crippen MR) is 66.8 cm³/mol. The quantitative estimate of drug-likeness (QED) is 0.769. The smallest absolute Gasteiger partial charge is 0.0604 e. The molecule has 0 N–H and O–H groups in total. The third-order valence-corrected chi connectivity index (χ3v) is 2.78. The molecule has 1 aromatic rings. The van der Waals surface area contributed by atoms with E-state index in [0.717, 1.165) is 6.54 Å². The summed E-state index contributed by atoms with van der Waals surface area (Å²) in [5.41, 5.74) is 2.41. The zero-order chi connectivity index (χ0) is 11.3. The molecule has 0 saturated heterocycles. The van der Waals surface area contributed by atoms with E-state index in [1.165, 1.54) is 11.3 Å². The maximum Gasteiger partial charge on any atom is 0.0604 e. The van der Waals surface area contributed by atoms with E-state index in [9.17, 15) is 0 Å². The van der Waals surface area contributed by atoms with Gasteiger partial charge in [-0.2, -0.15) is 0 Å². The van der Waals surface area contributed by atoms with Crippen LogP contribution in [0.2, 0.25) is 0 Å². The van der Waals surface area contributed by atoms with Crippen molar-refractivity contribution in [1.29, 1.82) is 0 Å². The van der Waals surface area contributed by atoms with Gasteiger partial charge < -0.3 is 9.64 Å². The number of hydrogen-bond acceptors (Lipinski definition) is 3. The number of anilines is 1. The normalized spacial score (nSPS) is 12.5. The Labute approximate surface area is 99.6 Å². The summed E-state index contributed by atoms with van der Waals surface area (Å²) in [6.45, 7) is 3.70. The summed E-state index contributed by atoms with van der Waals surface area (Å²) in [6.07, 6.45) is 3.70. The van der Waals surface area contributed by atoms with E-state index < -0.39 is 0 Å². The fourth-order valence-corrected chi connectivity index (χ4v) is 2.22. The Morgan fingerprint density at radius 2 is 2.33 bits per heavy atom. The Balaban J connectivity index is 2.61. The molecule has 4 heteroatoms. The lowest BCUT2D eigenvalue weighted by molar-refractivity contribution is 0.202. The Morgan fingerprint density at radius 1 is 1.60 bits per heavy atom. The van der Waals surface area contributed by atoms with E-state index in [0.29, 0.717) is 11.4 Å². The van der Waals surface area contributed by atoms with Gasteiger partial charge in [0.2, 0.25) is 0 Å². The molecule has 1 heterocycles. The largest absolute Gasteiger partial charge is 0.383 e. The molecule has 0 aromatic carbocycles. The molecule has 1 rings (SSSR count). The number of pyridine rings is 1. The van der Waals surface area contributed by atoms with Crippen LogP contribution in [0.1, 0.15) is 5.56 Å². The van der Waals surface area contributed by atoms with Crippen LogP contribution in [-0.4, -0.2) is 37.1 Å². The SMILES string of the molecule is COCC(Br)CN(C)c1ccncc1C. The van der Waals surface area contributed by atoms with Crippen molar-refractivity contribution in [3.8, 4) is 0 Å². The fraction of sp³-hybridized carbons (Fsp3) is 0.545. The molecule has 0 amide bonds. The first-order chi connectivity index (χ1) is 7.15. The first-order valence-electron chi connectivity index (χ1n) is 4.90. The Morgan fingerprint density at radius 3 is 2.93 bits per heavy atom. The summed E-state index contributed by atoms with van der Waals surface area (Å²) >= 11 is 3.58. The molecule has 1 aromatic heterocycles. The summed E-state index contributed by atoms with van der Waals surface area (Å²) in [7, 11) is 3.79. The standard InChI is InChI=1S/C11H17BrN2O/c1-9-6-13-5-4-11(9)14(2)7-10(12)8-15-3/h4-6,10H,7-8H2,1-3H3. The number of nitrogens with zero attached hydrogens (tertiary/aromatic N) is 2. The zero-order valence-corrected chi connectivity index (χ0v) is 11.0. The van der Waals surface area contributed by atoms with E-state index in [-0.39, 0.29) is 0 Å². The van der Waals surface area contributed by atoms with Crippen LogP contribution in [0.5, 0.6) is 0 Å². The molecule has 1 unspecified atom stereocenters. The van der Waals surface area contributed by atoms with Gasteiger partial charge in [0.05, 0.1) is 11.4 Å². The first-order valence-corrected chi connectivity index (χ1v) is 5.81.